The molecule has 10 nitrogen and oxygen atoms in total. The molecule has 0 fully saturated rings. The van der Waals surface area contributed by atoms with Crippen molar-refractivity contribution in [2.45, 2.75) is 71.0 Å². The van der Waals surface area contributed by atoms with Gasteiger partial charge in [0.15, 0.2) is 0 Å². The fourth-order valence-electron chi connectivity index (χ4n) is 6.58. The van der Waals surface area contributed by atoms with Crippen LogP contribution in [0.3, 0.4) is 0 Å². The van der Waals surface area contributed by atoms with Gasteiger partial charge in [-0.1, -0.05) is 112 Å². The average molecular weight is 696 g/mol. The Balaban J connectivity index is 1.25. The first-order chi connectivity index (χ1) is 24.5. The lowest BCUT2D eigenvalue weighted by Crippen LogP contribution is -2.50. The van der Waals surface area contributed by atoms with E-state index in [1.807, 2.05) is 99.7 Å². The summed E-state index contributed by atoms with van der Waals surface area (Å²) in [4.78, 5) is 55.3. The van der Waals surface area contributed by atoms with E-state index in [4.69, 9.17) is 9.47 Å². The largest absolute Gasteiger partial charge is 0.462 e. The number of nitrogens with one attached hydrogen (secondary N) is 2. The van der Waals surface area contributed by atoms with Crippen LogP contribution in [0.2, 0.25) is 0 Å². The highest BCUT2D eigenvalue weighted by molar-refractivity contribution is 5.86. The summed E-state index contributed by atoms with van der Waals surface area (Å²) in [6, 6.07) is 24.1. The molecule has 3 N–H and O–H groups in total. The maximum absolute atomic E-state index is 13.7. The van der Waals surface area contributed by atoms with Crippen molar-refractivity contribution in [2.24, 2.45) is 11.3 Å². The number of amides is 3. The third kappa shape index (κ3) is 9.85. The van der Waals surface area contributed by atoms with Gasteiger partial charge in [0, 0.05) is 25.4 Å². The molecule has 1 aliphatic carbocycles. The highest BCUT2D eigenvalue weighted by Gasteiger charge is 2.34. The van der Waals surface area contributed by atoms with Crippen LogP contribution in [0, 0.1) is 11.3 Å². The predicted molar refractivity (Wildman–Crippen MR) is 194 cm³/mol. The van der Waals surface area contributed by atoms with E-state index in [1.54, 1.807) is 4.90 Å². The van der Waals surface area contributed by atoms with Crippen LogP contribution in [0.4, 0.5) is 4.79 Å². The summed E-state index contributed by atoms with van der Waals surface area (Å²) in [5.74, 6) is -1.98. The van der Waals surface area contributed by atoms with Gasteiger partial charge in [0.2, 0.25) is 11.8 Å². The van der Waals surface area contributed by atoms with Gasteiger partial charge in [0.25, 0.3) is 0 Å². The number of hydrogen-bond acceptors (Lipinski definition) is 7. The van der Waals surface area contributed by atoms with Crippen LogP contribution in [0.15, 0.2) is 91.0 Å². The molecule has 0 radical (unpaired) electrons. The summed E-state index contributed by atoms with van der Waals surface area (Å²) >= 11 is 0. The molecule has 0 aromatic heterocycles. The molecule has 0 bridgehead atoms. The van der Waals surface area contributed by atoms with Crippen molar-refractivity contribution >= 4 is 23.9 Å². The summed E-state index contributed by atoms with van der Waals surface area (Å²) in [5, 5.41) is 15.4. The van der Waals surface area contributed by atoms with E-state index in [0.717, 1.165) is 27.8 Å². The zero-order valence-electron chi connectivity index (χ0n) is 29.7. The number of cyclic esters (lactones) is 1. The number of hydrogen-bond donors (Lipinski definition) is 3. The molecule has 3 aromatic rings. The molecule has 2 aliphatic rings. The first-order valence-corrected chi connectivity index (χ1v) is 17.7. The number of benzene rings is 3. The number of ether oxygens (including phenoxy) is 2. The van der Waals surface area contributed by atoms with Crippen molar-refractivity contribution in [3.05, 3.63) is 108 Å². The highest BCUT2D eigenvalue weighted by atomic mass is 16.6. The summed E-state index contributed by atoms with van der Waals surface area (Å²) in [7, 11) is 0. The molecular formula is C41H49N3O7. The van der Waals surface area contributed by atoms with E-state index in [2.05, 4.69) is 22.8 Å². The summed E-state index contributed by atoms with van der Waals surface area (Å²) < 4.78 is 11.4. The molecule has 0 saturated heterocycles. The monoisotopic (exact) mass is 695 g/mol. The maximum Gasteiger partial charge on any atom is 0.407 e. The third-order valence-corrected chi connectivity index (χ3v) is 9.61. The Morgan fingerprint density at radius 3 is 2.24 bits per heavy atom. The highest BCUT2D eigenvalue weighted by Crippen LogP contribution is 2.44. The molecule has 0 saturated carbocycles. The lowest BCUT2D eigenvalue weighted by Gasteiger charge is -2.33. The van der Waals surface area contributed by atoms with Gasteiger partial charge in [-0.25, -0.2) is 9.59 Å². The van der Waals surface area contributed by atoms with Crippen molar-refractivity contribution in [3.63, 3.8) is 0 Å². The number of esters is 1. The second-order valence-corrected chi connectivity index (χ2v) is 14.3. The van der Waals surface area contributed by atoms with E-state index >= 15 is 0 Å². The van der Waals surface area contributed by atoms with Crippen LogP contribution >= 0.6 is 0 Å². The summed E-state index contributed by atoms with van der Waals surface area (Å²) in [6.45, 7) is 6.06. The van der Waals surface area contributed by atoms with Crippen molar-refractivity contribution in [1.82, 2.24) is 15.5 Å². The number of aliphatic hydroxyl groups excluding tert-OH is 1. The normalized spacial score (nSPS) is 19.6. The molecular weight excluding hydrogens is 646 g/mol. The molecule has 3 amide bonds. The Morgan fingerprint density at radius 1 is 0.941 bits per heavy atom. The Hall–Kier alpha value is -4.96. The van der Waals surface area contributed by atoms with Gasteiger partial charge in [0.05, 0.1) is 18.6 Å². The summed E-state index contributed by atoms with van der Waals surface area (Å²) in [5.41, 5.74) is 4.85. The molecule has 1 aliphatic heterocycles. The van der Waals surface area contributed by atoms with Crippen molar-refractivity contribution in [2.75, 3.05) is 26.4 Å². The number of carbonyl (C=O) groups is 4. The Labute approximate surface area is 300 Å². The van der Waals surface area contributed by atoms with Crippen LogP contribution in [0.1, 0.15) is 69.1 Å². The molecule has 0 spiro atoms. The van der Waals surface area contributed by atoms with Crippen LogP contribution in [-0.2, 0) is 30.4 Å². The molecule has 5 rings (SSSR count). The lowest BCUT2D eigenvalue weighted by molar-refractivity contribution is -0.148. The number of rotatable bonds is 9. The molecule has 1 heterocycles. The smallest absolute Gasteiger partial charge is 0.407 e. The van der Waals surface area contributed by atoms with Crippen LogP contribution < -0.4 is 10.6 Å². The second-order valence-electron chi connectivity index (χ2n) is 14.3. The van der Waals surface area contributed by atoms with Crippen molar-refractivity contribution < 1.29 is 33.8 Å². The number of fused-ring (bicyclic) bond motifs is 3. The van der Waals surface area contributed by atoms with Gasteiger partial charge in [-0.05, 0) is 52.5 Å². The second kappa shape index (κ2) is 17.3. The molecule has 3 unspecified atom stereocenters. The number of nitrogens with zero attached hydrogens (tertiary/aromatic N) is 1. The Kier molecular flexibility index (Phi) is 12.7. The van der Waals surface area contributed by atoms with Gasteiger partial charge in [-0.2, -0.15) is 0 Å². The van der Waals surface area contributed by atoms with Crippen LogP contribution in [-0.4, -0.2) is 72.3 Å². The third-order valence-electron chi connectivity index (χ3n) is 9.61. The molecule has 3 atom stereocenters. The Bertz CT molecular complexity index is 1660. The number of allylic oxidation sites excluding steroid dienone is 2. The predicted octanol–water partition coefficient (Wildman–Crippen LogP) is 5.74. The lowest BCUT2D eigenvalue weighted by atomic mass is 9.86. The van der Waals surface area contributed by atoms with E-state index < -0.39 is 35.5 Å². The van der Waals surface area contributed by atoms with Gasteiger partial charge in [-0.3, -0.25) is 9.59 Å². The van der Waals surface area contributed by atoms with E-state index in [9.17, 15) is 24.3 Å². The zero-order valence-corrected chi connectivity index (χ0v) is 29.7. The fraction of sp³-hybridized carbons (Fsp3) is 0.415. The van der Waals surface area contributed by atoms with Gasteiger partial charge >= 0.3 is 12.1 Å². The average Bonchev–Trinajstić information content (AvgIpc) is 3.44. The minimum absolute atomic E-state index is 0.0500. The van der Waals surface area contributed by atoms with E-state index in [0.29, 0.717) is 19.4 Å². The Morgan fingerprint density at radius 2 is 1.59 bits per heavy atom. The zero-order chi connectivity index (χ0) is 36.4. The van der Waals surface area contributed by atoms with Crippen LogP contribution in [0.5, 0.6) is 0 Å². The number of aliphatic hydroxyl groups is 1. The number of carbonyl (C=O) groups excluding carboxylic acids is 4. The molecule has 270 valence electrons. The molecule has 3 aromatic carbocycles. The fourth-order valence-corrected chi connectivity index (χ4v) is 6.58. The van der Waals surface area contributed by atoms with Crippen molar-refractivity contribution in [1.29, 1.82) is 0 Å². The first kappa shape index (κ1) is 37.3. The number of alkyl carbamates (subject to hydrolysis) is 1. The van der Waals surface area contributed by atoms with Gasteiger partial charge in [0.1, 0.15) is 19.3 Å². The summed E-state index contributed by atoms with van der Waals surface area (Å²) in [6.07, 6.45) is 3.89. The molecule has 51 heavy (non-hydrogen) atoms. The van der Waals surface area contributed by atoms with E-state index in [1.165, 1.54) is 0 Å². The standard InChI is InChI=1S/C41H49N3O7/c1-41(2,3)36-27-50-39(48)35(42-40(49)51-26-34-32-19-12-10-17-30(32)31-18-11-13-20-33(31)34)21-9-5-8-16-29(38(47)43-36)24-37(46)44(22-23-45)25-28-14-6-4-7-15-28/h4-8,10-15,17-20,29,34-36,45H,9,16,21-27H2,1-3H3,(H,42,49)(H,43,47). The van der Waals surface area contributed by atoms with E-state index in [-0.39, 0.29) is 56.9 Å². The SMILES string of the molecule is CC(C)(C)C1COC(=O)C(NC(=O)OCC2c3ccccc3-c3ccccc32)CCC=CCC(CC(=O)N(CCO)Cc2ccccc2)C(=O)N1. The quantitative estimate of drug-likeness (QED) is 0.192. The minimum Gasteiger partial charge on any atom is -0.462 e. The van der Waals surface area contributed by atoms with Gasteiger partial charge < -0.3 is 30.1 Å². The molecule has 10 heteroatoms. The van der Waals surface area contributed by atoms with Crippen molar-refractivity contribution in [3.8, 4) is 11.1 Å². The van der Waals surface area contributed by atoms with Crippen LogP contribution in [0.25, 0.3) is 11.1 Å². The first-order valence-electron chi connectivity index (χ1n) is 17.7. The topological polar surface area (TPSA) is 134 Å². The van der Waals surface area contributed by atoms with Gasteiger partial charge in [-0.15, -0.1) is 0 Å². The minimum atomic E-state index is -0.968. The maximum atomic E-state index is 13.7.